The van der Waals surface area contributed by atoms with E-state index in [-0.39, 0.29) is 15.5 Å². The topological polar surface area (TPSA) is 37.3 Å². The van der Waals surface area contributed by atoms with Crippen molar-refractivity contribution in [1.82, 2.24) is 0 Å². The van der Waals surface area contributed by atoms with Crippen LogP contribution in [0.1, 0.15) is 6.92 Å². The molecule has 0 aromatic rings. The molecular weight excluding hydrogens is 111 g/mol. The summed E-state index contributed by atoms with van der Waals surface area (Å²) in [7, 11) is 0. The molecule has 39 valence electrons. The Labute approximate surface area is 45.9 Å². The first kappa shape index (κ1) is 9.81. The molecule has 0 saturated carbocycles. The molecule has 0 aromatic carbocycles. The van der Waals surface area contributed by atoms with Crippen molar-refractivity contribution < 1.29 is 9.90 Å². The molecule has 0 bridgehead atoms. The van der Waals surface area contributed by atoms with E-state index in [1.807, 2.05) is 0 Å². The van der Waals surface area contributed by atoms with Crippen LogP contribution in [0.2, 0.25) is 0 Å². The fourth-order valence-electron chi connectivity index (χ4n) is 0. The Morgan fingerprint density at radius 3 is 1.86 bits per heavy atom. The second kappa shape index (κ2) is 3.82. The van der Waals surface area contributed by atoms with Crippen LogP contribution < -0.4 is 0 Å². The van der Waals surface area contributed by atoms with Gasteiger partial charge in [0.25, 0.3) is 0 Å². The number of carboxylic acid groups (broad SMARTS) is 1. The lowest BCUT2D eigenvalue weighted by molar-refractivity contribution is -0.132. The lowest BCUT2D eigenvalue weighted by atomic mass is 10.4. The predicted molar refractivity (Wildman–Crippen MR) is 29.4 cm³/mol. The highest BCUT2D eigenvalue weighted by Crippen LogP contribution is 1.81. The van der Waals surface area contributed by atoms with Crippen molar-refractivity contribution in [3.8, 4) is 0 Å². The van der Waals surface area contributed by atoms with Gasteiger partial charge in [-0.15, -0.1) is 0 Å². The van der Waals surface area contributed by atoms with E-state index in [1.165, 1.54) is 6.92 Å². The monoisotopic (exact) mass is 117 g/mol. The smallest absolute Gasteiger partial charge is 0.330 e. The zero-order chi connectivity index (χ0) is 5.15. The minimum atomic E-state index is -0.935. The summed E-state index contributed by atoms with van der Waals surface area (Å²) in [5.41, 5.74) is 0.176. The summed E-state index contributed by atoms with van der Waals surface area (Å²) in [5.74, 6) is -0.935. The third kappa shape index (κ3) is 5.64. The van der Waals surface area contributed by atoms with E-state index in [0.717, 1.165) is 0 Å². The van der Waals surface area contributed by atoms with Gasteiger partial charge in [0.1, 0.15) is 0 Å². The van der Waals surface area contributed by atoms with Gasteiger partial charge in [0.2, 0.25) is 0 Å². The molecule has 2 nitrogen and oxygen atoms in total. The van der Waals surface area contributed by atoms with Gasteiger partial charge in [0.05, 0.1) is 0 Å². The second-order valence-corrected chi connectivity index (χ2v) is 1.09. The van der Waals surface area contributed by atoms with Crippen molar-refractivity contribution in [2.24, 2.45) is 0 Å². The lowest BCUT2D eigenvalue weighted by Gasteiger charge is -1.79. The second-order valence-electron chi connectivity index (χ2n) is 1.09. The molecule has 0 aromatic heterocycles. The Morgan fingerprint density at radius 1 is 1.71 bits per heavy atom. The van der Waals surface area contributed by atoms with E-state index in [1.54, 1.807) is 0 Å². The maximum atomic E-state index is 9.60. The van der Waals surface area contributed by atoms with Crippen LogP contribution >= 0.6 is 9.90 Å². The maximum absolute atomic E-state index is 9.60. The molecule has 0 aliphatic heterocycles. The zero-order valence-corrected chi connectivity index (χ0v) is 4.90. The highest BCUT2D eigenvalue weighted by molar-refractivity contribution is 6.92. The van der Waals surface area contributed by atoms with Crippen LogP contribution in [0.3, 0.4) is 0 Å². The Balaban J connectivity index is 0. The average Bonchev–Trinajstić information content (AvgIpc) is 1.36. The molecule has 0 saturated heterocycles. The fourth-order valence-corrected chi connectivity index (χ4v) is 0. The molecule has 0 aliphatic rings. The standard InChI is InChI=1S/C4H6O2.P/c1-3(2)4(5)6;/h1H2,2H3,(H,5,6);. The fraction of sp³-hybridized carbons (Fsp3) is 0.250. The van der Waals surface area contributed by atoms with Crippen molar-refractivity contribution >= 4 is 15.9 Å². The van der Waals surface area contributed by atoms with Gasteiger partial charge in [-0.25, -0.2) is 4.79 Å². The molecule has 0 amide bonds. The van der Waals surface area contributed by atoms with Gasteiger partial charge in [-0.2, -0.15) is 0 Å². The summed E-state index contributed by atoms with van der Waals surface area (Å²) in [6, 6.07) is 0. The third-order valence-corrected chi connectivity index (χ3v) is 0.365. The first-order chi connectivity index (χ1) is 2.64. The molecule has 0 heterocycles. The molecule has 0 aliphatic carbocycles. The molecule has 0 rings (SSSR count). The van der Waals surface area contributed by atoms with E-state index in [0.29, 0.717) is 0 Å². The van der Waals surface area contributed by atoms with Crippen molar-refractivity contribution in [2.75, 3.05) is 0 Å². The molecule has 0 spiro atoms. The van der Waals surface area contributed by atoms with Crippen LogP contribution in [-0.2, 0) is 4.79 Å². The number of hydrogen-bond donors (Lipinski definition) is 1. The van der Waals surface area contributed by atoms with E-state index in [2.05, 4.69) is 6.58 Å². The molecule has 3 radical (unpaired) electrons. The summed E-state index contributed by atoms with van der Waals surface area (Å²) in [5, 5.41) is 7.89. The first-order valence-electron chi connectivity index (χ1n) is 1.53. The van der Waals surface area contributed by atoms with E-state index >= 15 is 0 Å². The molecule has 1 N–H and O–H groups in total. The van der Waals surface area contributed by atoms with Crippen LogP contribution in [0, 0.1) is 0 Å². The van der Waals surface area contributed by atoms with Gasteiger partial charge >= 0.3 is 5.97 Å². The van der Waals surface area contributed by atoms with Crippen LogP contribution in [0.4, 0.5) is 0 Å². The molecular formula is C4H6O2P. The quantitative estimate of drug-likeness (QED) is 0.417. The Bertz CT molecular complexity index is 75.7. The highest BCUT2D eigenvalue weighted by atomic mass is 31.0. The van der Waals surface area contributed by atoms with Gasteiger partial charge in [-0.3, -0.25) is 0 Å². The highest BCUT2D eigenvalue weighted by Gasteiger charge is 1.90. The largest absolute Gasteiger partial charge is 0.478 e. The average molecular weight is 117 g/mol. The SMILES string of the molecule is C=C(C)C(=O)O.[P]. The van der Waals surface area contributed by atoms with Crippen molar-refractivity contribution in [3.63, 3.8) is 0 Å². The van der Waals surface area contributed by atoms with Gasteiger partial charge < -0.3 is 5.11 Å². The number of rotatable bonds is 1. The van der Waals surface area contributed by atoms with E-state index < -0.39 is 5.97 Å². The zero-order valence-electron chi connectivity index (χ0n) is 4.01. The summed E-state index contributed by atoms with van der Waals surface area (Å²) in [4.78, 5) is 9.60. The molecule has 0 atom stereocenters. The van der Waals surface area contributed by atoms with Crippen molar-refractivity contribution in [3.05, 3.63) is 12.2 Å². The number of carboxylic acids is 1. The van der Waals surface area contributed by atoms with Gasteiger partial charge in [-0.05, 0) is 6.92 Å². The van der Waals surface area contributed by atoms with Gasteiger partial charge in [0, 0.05) is 15.5 Å². The van der Waals surface area contributed by atoms with Gasteiger partial charge in [0.15, 0.2) is 0 Å². The minimum Gasteiger partial charge on any atom is -0.478 e. The number of aliphatic carboxylic acids is 1. The van der Waals surface area contributed by atoms with Crippen LogP contribution in [-0.4, -0.2) is 11.1 Å². The Morgan fingerprint density at radius 2 is 1.86 bits per heavy atom. The van der Waals surface area contributed by atoms with E-state index in [4.69, 9.17) is 5.11 Å². The van der Waals surface area contributed by atoms with Crippen molar-refractivity contribution in [2.45, 2.75) is 6.92 Å². The van der Waals surface area contributed by atoms with Crippen molar-refractivity contribution in [1.29, 1.82) is 0 Å². The Kier molecular flexibility index (Phi) is 5.35. The van der Waals surface area contributed by atoms with Crippen LogP contribution in [0.25, 0.3) is 0 Å². The minimum absolute atomic E-state index is 0. The first-order valence-corrected chi connectivity index (χ1v) is 1.53. The molecule has 7 heavy (non-hydrogen) atoms. The predicted octanol–water partition coefficient (Wildman–Crippen LogP) is 1.51. The van der Waals surface area contributed by atoms with E-state index in [9.17, 15) is 4.79 Å². The normalized spacial score (nSPS) is 6.43. The maximum Gasteiger partial charge on any atom is 0.330 e. The molecule has 3 heteroatoms. The molecule has 0 unspecified atom stereocenters. The van der Waals surface area contributed by atoms with Crippen LogP contribution in [0.5, 0.6) is 0 Å². The third-order valence-electron chi connectivity index (χ3n) is 0.365. The lowest BCUT2D eigenvalue weighted by Crippen LogP contribution is -1.92. The van der Waals surface area contributed by atoms with Gasteiger partial charge in [-0.1, -0.05) is 6.58 Å². The summed E-state index contributed by atoms with van der Waals surface area (Å²) in [6.07, 6.45) is 0. The Hall–Kier alpha value is -0.360. The summed E-state index contributed by atoms with van der Waals surface area (Å²) >= 11 is 0. The summed E-state index contributed by atoms with van der Waals surface area (Å²) < 4.78 is 0. The number of carbonyl (C=O) groups is 1. The summed E-state index contributed by atoms with van der Waals surface area (Å²) in [6.45, 7) is 4.60. The number of hydrogen-bond acceptors (Lipinski definition) is 1. The molecule has 0 fully saturated rings. The van der Waals surface area contributed by atoms with Crippen LogP contribution in [0.15, 0.2) is 12.2 Å².